The van der Waals surface area contributed by atoms with Crippen molar-refractivity contribution in [3.05, 3.63) is 221 Å². The zero-order chi connectivity index (χ0) is 35.3. The number of nitrogens with zero attached hydrogens (tertiary/aromatic N) is 1. The van der Waals surface area contributed by atoms with Crippen LogP contribution in [0.25, 0.3) is 39.0 Å². The molecule has 1 spiro atoms. The molecule has 0 bridgehead atoms. The van der Waals surface area contributed by atoms with Gasteiger partial charge >= 0.3 is 0 Å². The average molecular weight is 678 g/mol. The first-order valence-corrected chi connectivity index (χ1v) is 19.0. The summed E-state index contributed by atoms with van der Waals surface area (Å²) < 4.78 is 0. The Morgan fingerprint density at radius 2 is 1.02 bits per heavy atom. The largest absolute Gasteiger partial charge is 0.313 e. The first-order valence-electron chi connectivity index (χ1n) is 19.0. The molecule has 4 aliphatic carbocycles. The minimum atomic E-state index is -0.397. The van der Waals surface area contributed by atoms with Gasteiger partial charge in [-0.3, -0.25) is 0 Å². The van der Waals surface area contributed by atoms with Crippen LogP contribution in [-0.2, 0) is 10.8 Å². The van der Waals surface area contributed by atoms with Gasteiger partial charge in [0.1, 0.15) is 0 Å². The summed E-state index contributed by atoms with van der Waals surface area (Å²) in [6.45, 7) is 4.78. The van der Waals surface area contributed by atoms with Crippen molar-refractivity contribution in [2.45, 2.75) is 37.5 Å². The van der Waals surface area contributed by atoms with E-state index in [2.05, 4.69) is 195 Å². The predicted octanol–water partition coefficient (Wildman–Crippen LogP) is 13.2. The first-order chi connectivity index (χ1) is 26.1. The van der Waals surface area contributed by atoms with E-state index in [9.17, 15) is 0 Å². The maximum atomic E-state index is 2.63. The van der Waals surface area contributed by atoms with E-state index >= 15 is 0 Å². The van der Waals surface area contributed by atoms with E-state index < -0.39 is 5.41 Å². The molecule has 0 fully saturated rings. The molecule has 0 amide bonds. The first kappa shape index (κ1) is 30.4. The second kappa shape index (κ2) is 11.2. The van der Waals surface area contributed by atoms with Crippen LogP contribution in [0.1, 0.15) is 65.6 Å². The highest BCUT2D eigenvalue weighted by Gasteiger charge is 2.52. The second-order valence-corrected chi connectivity index (χ2v) is 15.5. The van der Waals surface area contributed by atoms with Gasteiger partial charge in [-0.2, -0.15) is 0 Å². The summed E-state index contributed by atoms with van der Waals surface area (Å²) in [5, 5.41) is 0. The second-order valence-electron chi connectivity index (χ2n) is 15.5. The van der Waals surface area contributed by atoms with Gasteiger partial charge in [-0.05, 0) is 97.8 Å². The van der Waals surface area contributed by atoms with Crippen molar-refractivity contribution in [1.82, 2.24) is 0 Å². The summed E-state index contributed by atoms with van der Waals surface area (Å²) in [6.07, 6.45) is 6.65. The molecule has 11 rings (SSSR count). The van der Waals surface area contributed by atoms with Crippen molar-refractivity contribution in [3.8, 4) is 33.4 Å². The van der Waals surface area contributed by atoms with Gasteiger partial charge in [0, 0.05) is 27.9 Å². The Labute approximate surface area is 312 Å². The molecule has 0 heterocycles. The zero-order valence-electron chi connectivity index (χ0n) is 30.1. The minimum Gasteiger partial charge on any atom is -0.313 e. The summed E-state index contributed by atoms with van der Waals surface area (Å²) >= 11 is 0. The summed E-state index contributed by atoms with van der Waals surface area (Å²) in [5.41, 5.74) is 22.1. The Morgan fingerprint density at radius 1 is 0.472 bits per heavy atom. The summed E-state index contributed by atoms with van der Waals surface area (Å²) in [7, 11) is 0. The SMILES string of the molecule is CC1(C)c2ccccc2-c2ccc(N(C3=C(c4ccccc4)C=CCC3)c3cccc4c3-c3ccccc3C43c4ccccc4-c4ccccc43)cc21. The normalized spacial score (nSPS) is 16.1. The Morgan fingerprint density at radius 3 is 1.72 bits per heavy atom. The molecule has 0 saturated heterocycles. The lowest BCUT2D eigenvalue weighted by Gasteiger charge is -2.35. The molecule has 0 aromatic heterocycles. The fourth-order valence-corrected chi connectivity index (χ4v) is 10.3. The molecule has 4 aliphatic rings. The highest BCUT2D eigenvalue weighted by atomic mass is 15.2. The molecular formula is C52H39N. The van der Waals surface area contributed by atoms with Crippen LogP contribution in [0.5, 0.6) is 0 Å². The molecule has 53 heavy (non-hydrogen) atoms. The molecule has 1 heteroatoms. The number of rotatable bonds is 4. The van der Waals surface area contributed by atoms with E-state index in [1.54, 1.807) is 0 Å². The molecule has 0 aliphatic heterocycles. The number of benzene rings is 7. The Balaban J connectivity index is 1.23. The van der Waals surface area contributed by atoms with Gasteiger partial charge in [0.05, 0.1) is 11.1 Å². The van der Waals surface area contributed by atoms with Crippen LogP contribution >= 0.6 is 0 Å². The minimum absolute atomic E-state index is 0.108. The number of hydrogen-bond donors (Lipinski definition) is 0. The topological polar surface area (TPSA) is 3.24 Å². The van der Waals surface area contributed by atoms with Crippen LogP contribution in [0, 0.1) is 0 Å². The highest BCUT2D eigenvalue weighted by Crippen LogP contribution is 2.64. The van der Waals surface area contributed by atoms with Gasteiger partial charge in [0.25, 0.3) is 0 Å². The smallest absolute Gasteiger partial charge is 0.0726 e. The van der Waals surface area contributed by atoms with Crippen molar-refractivity contribution in [1.29, 1.82) is 0 Å². The molecule has 0 saturated carbocycles. The fraction of sp³-hybridized carbons (Fsp3) is 0.115. The van der Waals surface area contributed by atoms with E-state index in [-0.39, 0.29) is 5.41 Å². The highest BCUT2D eigenvalue weighted by molar-refractivity contribution is 6.01. The van der Waals surface area contributed by atoms with Gasteiger partial charge < -0.3 is 4.90 Å². The monoisotopic (exact) mass is 677 g/mol. The predicted molar refractivity (Wildman–Crippen MR) is 221 cm³/mol. The number of hydrogen-bond acceptors (Lipinski definition) is 1. The van der Waals surface area contributed by atoms with Crippen molar-refractivity contribution in [2.24, 2.45) is 0 Å². The molecule has 7 aromatic carbocycles. The third-order valence-electron chi connectivity index (χ3n) is 12.6. The van der Waals surface area contributed by atoms with Crippen LogP contribution in [-0.4, -0.2) is 0 Å². The van der Waals surface area contributed by atoms with Crippen molar-refractivity contribution < 1.29 is 0 Å². The zero-order valence-corrected chi connectivity index (χ0v) is 30.1. The van der Waals surface area contributed by atoms with E-state index in [1.165, 1.54) is 95.0 Å². The third-order valence-corrected chi connectivity index (χ3v) is 12.6. The van der Waals surface area contributed by atoms with E-state index in [4.69, 9.17) is 0 Å². The van der Waals surface area contributed by atoms with Crippen LogP contribution < -0.4 is 4.90 Å². The van der Waals surface area contributed by atoms with Crippen molar-refractivity contribution >= 4 is 16.9 Å². The number of fused-ring (bicyclic) bond motifs is 13. The van der Waals surface area contributed by atoms with Crippen LogP contribution in [0.15, 0.2) is 182 Å². The summed E-state index contributed by atoms with van der Waals surface area (Å²) in [4.78, 5) is 2.63. The molecule has 0 atom stereocenters. The lowest BCUT2D eigenvalue weighted by molar-refractivity contribution is 0.660. The molecule has 1 nitrogen and oxygen atoms in total. The Bertz CT molecular complexity index is 2660. The lowest BCUT2D eigenvalue weighted by Crippen LogP contribution is -2.26. The lowest BCUT2D eigenvalue weighted by atomic mass is 9.70. The third kappa shape index (κ3) is 4.03. The van der Waals surface area contributed by atoms with Crippen molar-refractivity contribution in [2.75, 3.05) is 4.90 Å². The fourth-order valence-electron chi connectivity index (χ4n) is 10.3. The quantitative estimate of drug-likeness (QED) is 0.179. The summed E-state index contributed by atoms with van der Waals surface area (Å²) in [6, 6.07) is 61.7. The Hall–Kier alpha value is -6.18. The van der Waals surface area contributed by atoms with Crippen LogP contribution in [0.3, 0.4) is 0 Å². The molecule has 252 valence electrons. The summed E-state index contributed by atoms with van der Waals surface area (Å²) in [5.74, 6) is 0. The average Bonchev–Trinajstić information content (AvgIpc) is 3.78. The molecule has 0 unspecified atom stereocenters. The molecule has 0 N–H and O–H groups in total. The van der Waals surface area contributed by atoms with E-state index in [0.717, 1.165) is 12.8 Å². The number of anilines is 2. The van der Waals surface area contributed by atoms with Gasteiger partial charge in [-0.1, -0.05) is 172 Å². The molecule has 7 aromatic rings. The van der Waals surface area contributed by atoms with Crippen molar-refractivity contribution in [3.63, 3.8) is 0 Å². The van der Waals surface area contributed by atoms with E-state index in [0.29, 0.717) is 0 Å². The molecular weight excluding hydrogens is 639 g/mol. The number of allylic oxidation sites excluding steroid dienone is 4. The van der Waals surface area contributed by atoms with Gasteiger partial charge in [0.15, 0.2) is 0 Å². The van der Waals surface area contributed by atoms with Crippen LogP contribution in [0.4, 0.5) is 11.4 Å². The van der Waals surface area contributed by atoms with Gasteiger partial charge in [-0.15, -0.1) is 0 Å². The standard InChI is InChI=1S/C52H39N/c1-51(2)42-24-11-6-20-37(42)40-32-31-35(33-47(40)51)53(48-29-15-10-19-36(48)34-17-4-3-5-18-34)49-30-16-28-46-50(49)41-23-9-14-27-45(41)52(46)43-25-12-7-21-38(43)39-22-8-13-26-44(39)52/h3-14,16-28,30-33H,15,29H2,1-2H3. The maximum Gasteiger partial charge on any atom is 0.0726 e. The maximum absolute atomic E-state index is 2.63. The van der Waals surface area contributed by atoms with Gasteiger partial charge in [-0.25, -0.2) is 0 Å². The van der Waals surface area contributed by atoms with E-state index in [1.807, 2.05) is 0 Å². The van der Waals surface area contributed by atoms with Crippen LogP contribution in [0.2, 0.25) is 0 Å². The Kier molecular flexibility index (Phi) is 6.41. The molecule has 0 radical (unpaired) electrons. The van der Waals surface area contributed by atoms with Gasteiger partial charge in [0.2, 0.25) is 0 Å².